The zero-order valence-electron chi connectivity index (χ0n) is 11.7. The van der Waals surface area contributed by atoms with Gasteiger partial charge in [-0.2, -0.15) is 0 Å². The Balaban J connectivity index is 1.88. The van der Waals surface area contributed by atoms with Gasteiger partial charge in [0.2, 0.25) is 5.91 Å². The second kappa shape index (κ2) is 6.17. The van der Waals surface area contributed by atoms with Gasteiger partial charge in [0.1, 0.15) is 0 Å². The van der Waals surface area contributed by atoms with Crippen molar-refractivity contribution in [3.05, 3.63) is 35.4 Å². The summed E-state index contributed by atoms with van der Waals surface area (Å²) >= 11 is 0. The Hall–Kier alpha value is -1.39. The van der Waals surface area contributed by atoms with Crippen molar-refractivity contribution in [3.63, 3.8) is 0 Å². The second-order valence-electron chi connectivity index (χ2n) is 5.37. The molecule has 1 aromatic rings. The molecule has 0 saturated carbocycles. The van der Waals surface area contributed by atoms with Crippen LogP contribution in [0.4, 0.5) is 0 Å². The first-order valence-corrected chi connectivity index (χ1v) is 6.92. The van der Waals surface area contributed by atoms with Crippen LogP contribution in [-0.4, -0.2) is 36.0 Å². The SMILES string of the molecule is CC(CNC(=O)[C@@H](C)N)N1CCc2ccccc2C1. The van der Waals surface area contributed by atoms with E-state index < -0.39 is 6.04 Å². The van der Waals surface area contributed by atoms with Crippen molar-refractivity contribution in [2.75, 3.05) is 13.1 Å². The summed E-state index contributed by atoms with van der Waals surface area (Å²) in [6, 6.07) is 8.47. The van der Waals surface area contributed by atoms with Crippen molar-refractivity contribution in [1.82, 2.24) is 10.2 Å². The number of amides is 1. The lowest BCUT2D eigenvalue weighted by molar-refractivity contribution is -0.122. The van der Waals surface area contributed by atoms with Crippen LogP contribution in [-0.2, 0) is 17.8 Å². The van der Waals surface area contributed by atoms with Gasteiger partial charge in [-0.25, -0.2) is 0 Å². The molecule has 104 valence electrons. The molecule has 1 unspecified atom stereocenters. The fraction of sp³-hybridized carbons (Fsp3) is 0.533. The molecule has 0 aliphatic carbocycles. The summed E-state index contributed by atoms with van der Waals surface area (Å²) in [6.45, 7) is 6.52. The van der Waals surface area contributed by atoms with Crippen molar-refractivity contribution in [1.29, 1.82) is 0 Å². The van der Waals surface area contributed by atoms with Crippen molar-refractivity contribution < 1.29 is 4.79 Å². The summed E-state index contributed by atoms with van der Waals surface area (Å²) < 4.78 is 0. The number of nitrogens with one attached hydrogen (secondary N) is 1. The lowest BCUT2D eigenvalue weighted by Gasteiger charge is -2.33. The molecule has 1 aromatic carbocycles. The molecule has 4 nitrogen and oxygen atoms in total. The van der Waals surface area contributed by atoms with Gasteiger partial charge in [-0.05, 0) is 31.4 Å². The van der Waals surface area contributed by atoms with E-state index >= 15 is 0 Å². The smallest absolute Gasteiger partial charge is 0.236 e. The molecular formula is C15H23N3O. The van der Waals surface area contributed by atoms with Gasteiger partial charge in [0.15, 0.2) is 0 Å². The molecule has 0 spiro atoms. The molecule has 2 atom stereocenters. The number of benzene rings is 1. The summed E-state index contributed by atoms with van der Waals surface area (Å²) in [5.74, 6) is -0.0794. The molecule has 0 bridgehead atoms. The molecule has 4 heteroatoms. The number of carbonyl (C=O) groups excluding carboxylic acids is 1. The maximum absolute atomic E-state index is 11.5. The lowest BCUT2D eigenvalue weighted by Crippen LogP contribution is -2.47. The quantitative estimate of drug-likeness (QED) is 0.846. The predicted molar refractivity (Wildman–Crippen MR) is 76.7 cm³/mol. The molecular weight excluding hydrogens is 238 g/mol. The van der Waals surface area contributed by atoms with Crippen LogP contribution in [0.3, 0.4) is 0 Å². The highest BCUT2D eigenvalue weighted by Gasteiger charge is 2.20. The average Bonchev–Trinajstić information content (AvgIpc) is 2.43. The molecule has 0 fully saturated rings. The highest BCUT2D eigenvalue weighted by Crippen LogP contribution is 2.19. The number of nitrogens with two attached hydrogens (primary N) is 1. The monoisotopic (exact) mass is 261 g/mol. The molecule has 2 rings (SSSR count). The van der Waals surface area contributed by atoms with Gasteiger partial charge in [0.25, 0.3) is 0 Å². The Morgan fingerprint density at radius 1 is 1.37 bits per heavy atom. The summed E-state index contributed by atoms with van der Waals surface area (Å²) in [5, 5.41) is 2.90. The molecule has 3 N–H and O–H groups in total. The Morgan fingerprint density at radius 2 is 2.05 bits per heavy atom. The molecule has 1 amide bonds. The highest BCUT2D eigenvalue weighted by molar-refractivity contribution is 5.80. The van der Waals surface area contributed by atoms with Crippen LogP contribution < -0.4 is 11.1 Å². The van der Waals surface area contributed by atoms with E-state index in [9.17, 15) is 4.79 Å². The van der Waals surface area contributed by atoms with E-state index in [0.717, 1.165) is 19.5 Å². The fourth-order valence-electron chi connectivity index (χ4n) is 2.43. The van der Waals surface area contributed by atoms with E-state index in [0.29, 0.717) is 12.6 Å². The minimum atomic E-state index is -0.436. The molecule has 0 radical (unpaired) electrons. The van der Waals surface area contributed by atoms with Crippen LogP contribution in [0.25, 0.3) is 0 Å². The van der Waals surface area contributed by atoms with Gasteiger partial charge in [0.05, 0.1) is 6.04 Å². The predicted octanol–water partition coefficient (Wildman–Crippen LogP) is 0.897. The first-order valence-electron chi connectivity index (χ1n) is 6.92. The van der Waals surface area contributed by atoms with E-state index in [1.807, 2.05) is 0 Å². The van der Waals surface area contributed by atoms with E-state index in [2.05, 4.69) is 41.4 Å². The number of fused-ring (bicyclic) bond motifs is 1. The van der Waals surface area contributed by atoms with Crippen molar-refractivity contribution in [2.45, 2.75) is 38.9 Å². The van der Waals surface area contributed by atoms with Gasteiger partial charge in [-0.3, -0.25) is 9.69 Å². The van der Waals surface area contributed by atoms with Crippen molar-refractivity contribution in [2.24, 2.45) is 5.73 Å². The minimum Gasteiger partial charge on any atom is -0.353 e. The van der Waals surface area contributed by atoms with Crippen molar-refractivity contribution in [3.8, 4) is 0 Å². The third-order valence-corrected chi connectivity index (χ3v) is 3.77. The summed E-state index contributed by atoms with van der Waals surface area (Å²) in [6.07, 6.45) is 1.09. The number of nitrogens with zero attached hydrogens (tertiary/aromatic N) is 1. The standard InChI is InChI=1S/C15H23N3O/c1-11(9-17-15(19)12(2)16)18-8-7-13-5-3-4-6-14(13)10-18/h3-6,11-12H,7-10,16H2,1-2H3,(H,17,19)/t11?,12-/m1/s1. The van der Waals surface area contributed by atoms with E-state index in [4.69, 9.17) is 5.73 Å². The first kappa shape index (κ1) is 14.0. The molecule has 19 heavy (non-hydrogen) atoms. The van der Waals surface area contributed by atoms with Crippen molar-refractivity contribution >= 4 is 5.91 Å². The number of hydrogen-bond acceptors (Lipinski definition) is 3. The van der Waals surface area contributed by atoms with E-state index in [1.54, 1.807) is 6.92 Å². The van der Waals surface area contributed by atoms with E-state index in [1.165, 1.54) is 11.1 Å². The average molecular weight is 261 g/mol. The van der Waals surface area contributed by atoms with Gasteiger partial charge in [0, 0.05) is 25.7 Å². The van der Waals surface area contributed by atoms with Crippen LogP contribution in [0.15, 0.2) is 24.3 Å². The third-order valence-electron chi connectivity index (χ3n) is 3.77. The van der Waals surface area contributed by atoms with Crippen LogP contribution >= 0.6 is 0 Å². The molecule has 0 saturated heterocycles. The van der Waals surface area contributed by atoms with Crippen LogP contribution in [0, 0.1) is 0 Å². The molecule has 1 aliphatic rings. The van der Waals surface area contributed by atoms with Crippen LogP contribution in [0.1, 0.15) is 25.0 Å². The Kier molecular flexibility index (Phi) is 4.56. The number of rotatable bonds is 4. The second-order valence-corrected chi connectivity index (χ2v) is 5.37. The number of hydrogen-bond donors (Lipinski definition) is 2. The van der Waals surface area contributed by atoms with Crippen LogP contribution in [0.2, 0.25) is 0 Å². The maximum Gasteiger partial charge on any atom is 0.236 e. The first-order chi connectivity index (χ1) is 9.08. The normalized spacial score (nSPS) is 18.5. The Morgan fingerprint density at radius 3 is 2.74 bits per heavy atom. The molecule has 0 aromatic heterocycles. The maximum atomic E-state index is 11.5. The Bertz CT molecular complexity index is 445. The zero-order chi connectivity index (χ0) is 13.8. The minimum absolute atomic E-state index is 0.0794. The van der Waals surface area contributed by atoms with Crippen LogP contribution in [0.5, 0.6) is 0 Å². The zero-order valence-corrected chi connectivity index (χ0v) is 11.7. The Labute approximate surface area is 115 Å². The molecule has 1 heterocycles. The van der Waals surface area contributed by atoms with E-state index in [-0.39, 0.29) is 5.91 Å². The van der Waals surface area contributed by atoms with Gasteiger partial charge >= 0.3 is 0 Å². The largest absolute Gasteiger partial charge is 0.353 e. The van der Waals surface area contributed by atoms with Gasteiger partial charge in [-0.15, -0.1) is 0 Å². The summed E-state index contributed by atoms with van der Waals surface area (Å²) in [7, 11) is 0. The highest BCUT2D eigenvalue weighted by atomic mass is 16.2. The summed E-state index contributed by atoms with van der Waals surface area (Å²) in [5.41, 5.74) is 8.39. The fourth-order valence-corrected chi connectivity index (χ4v) is 2.43. The molecule has 1 aliphatic heterocycles. The van der Waals surface area contributed by atoms with Gasteiger partial charge in [-0.1, -0.05) is 24.3 Å². The summed E-state index contributed by atoms with van der Waals surface area (Å²) in [4.78, 5) is 13.9. The number of carbonyl (C=O) groups is 1. The topological polar surface area (TPSA) is 58.4 Å². The third kappa shape index (κ3) is 3.55. The lowest BCUT2D eigenvalue weighted by atomic mass is 9.99. The van der Waals surface area contributed by atoms with Gasteiger partial charge < -0.3 is 11.1 Å².